The normalized spacial score (nSPS) is 22.5. The standard InChI is InChI=1S/C16H24N2O2/c1-2-10-18(14-8-6-13(17)7-9-14)16(20)12-4-3-5-15(19)11-12/h3-5,11,13-14,19H,2,6-10,17H2,1H3. The van der Waals surface area contributed by atoms with E-state index in [1.807, 2.05) is 4.90 Å². The molecular weight excluding hydrogens is 252 g/mol. The highest BCUT2D eigenvalue weighted by Gasteiger charge is 2.27. The van der Waals surface area contributed by atoms with Gasteiger partial charge in [0.2, 0.25) is 0 Å². The number of hydrogen-bond acceptors (Lipinski definition) is 3. The summed E-state index contributed by atoms with van der Waals surface area (Å²) in [5.74, 6) is 0.154. The Bertz CT molecular complexity index is 454. The topological polar surface area (TPSA) is 66.6 Å². The molecule has 0 radical (unpaired) electrons. The van der Waals surface area contributed by atoms with E-state index in [2.05, 4.69) is 6.92 Å². The Hall–Kier alpha value is -1.55. The van der Waals surface area contributed by atoms with Crippen LogP contribution in [-0.4, -0.2) is 34.5 Å². The molecule has 3 N–H and O–H groups in total. The van der Waals surface area contributed by atoms with Crippen molar-refractivity contribution in [1.29, 1.82) is 0 Å². The highest BCUT2D eigenvalue weighted by Crippen LogP contribution is 2.24. The number of amides is 1. The van der Waals surface area contributed by atoms with Crippen LogP contribution in [0.5, 0.6) is 5.75 Å². The van der Waals surface area contributed by atoms with E-state index in [-0.39, 0.29) is 23.7 Å². The lowest BCUT2D eigenvalue weighted by Gasteiger charge is -2.36. The summed E-state index contributed by atoms with van der Waals surface area (Å²) in [4.78, 5) is 14.6. The van der Waals surface area contributed by atoms with Crippen molar-refractivity contribution < 1.29 is 9.90 Å². The maximum absolute atomic E-state index is 12.7. The van der Waals surface area contributed by atoms with Crippen LogP contribution in [-0.2, 0) is 0 Å². The summed E-state index contributed by atoms with van der Waals surface area (Å²) in [6, 6.07) is 7.17. The second-order valence-electron chi connectivity index (χ2n) is 5.62. The summed E-state index contributed by atoms with van der Waals surface area (Å²) in [7, 11) is 0. The van der Waals surface area contributed by atoms with Crippen molar-refractivity contribution in [2.75, 3.05) is 6.54 Å². The summed E-state index contributed by atoms with van der Waals surface area (Å²) in [5, 5.41) is 9.53. The third-order valence-corrected chi connectivity index (χ3v) is 4.00. The first kappa shape index (κ1) is 14.9. The molecule has 0 atom stereocenters. The molecular formula is C16H24N2O2. The minimum absolute atomic E-state index is 0.0169. The van der Waals surface area contributed by atoms with Gasteiger partial charge in [0.15, 0.2) is 0 Å². The average molecular weight is 276 g/mol. The first-order valence-corrected chi connectivity index (χ1v) is 7.47. The van der Waals surface area contributed by atoms with Crippen molar-refractivity contribution in [1.82, 2.24) is 4.90 Å². The number of nitrogens with two attached hydrogens (primary N) is 1. The minimum Gasteiger partial charge on any atom is -0.508 e. The van der Waals surface area contributed by atoms with Crippen molar-refractivity contribution in [3.63, 3.8) is 0 Å². The van der Waals surface area contributed by atoms with Crippen molar-refractivity contribution in [2.45, 2.75) is 51.1 Å². The highest BCUT2D eigenvalue weighted by atomic mass is 16.3. The zero-order chi connectivity index (χ0) is 14.5. The number of carbonyl (C=O) groups excluding carboxylic acids is 1. The third-order valence-electron chi connectivity index (χ3n) is 4.00. The Morgan fingerprint density at radius 1 is 1.35 bits per heavy atom. The third kappa shape index (κ3) is 3.51. The van der Waals surface area contributed by atoms with Crippen LogP contribution in [0.2, 0.25) is 0 Å². The molecule has 1 amide bonds. The van der Waals surface area contributed by atoms with Crippen LogP contribution in [0.1, 0.15) is 49.4 Å². The zero-order valence-corrected chi connectivity index (χ0v) is 12.1. The molecule has 1 fully saturated rings. The highest BCUT2D eigenvalue weighted by molar-refractivity contribution is 5.94. The molecule has 0 aromatic heterocycles. The largest absolute Gasteiger partial charge is 0.508 e. The van der Waals surface area contributed by atoms with E-state index < -0.39 is 0 Å². The van der Waals surface area contributed by atoms with Crippen LogP contribution in [0.3, 0.4) is 0 Å². The van der Waals surface area contributed by atoms with Crippen LogP contribution in [0.15, 0.2) is 24.3 Å². The van der Waals surface area contributed by atoms with Crippen molar-refractivity contribution >= 4 is 5.91 Å². The molecule has 1 aromatic rings. The molecule has 2 rings (SSSR count). The van der Waals surface area contributed by atoms with Gasteiger partial charge in [-0.15, -0.1) is 0 Å². The SMILES string of the molecule is CCCN(C(=O)c1cccc(O)c1)C1CCC(N)CC1. The summed E-state index contributed by atoms with van der Waals surface area (Å²) >= 11 is 0. The van der Waals surface area contributed by atoms with Gasteiger partial charge in [0.1, 0.15) is 5.75 Å². The van der Waals surface area contributed by atoms with E-state index in [9.17, 15) is 9.90 Å². The van der Waals surface area contributed by atoms with Crippen LogP contribution >= 0.6 is 0 Å². The van der Waals surface area contributed by atoms with Crippen LogP contribution in [0, 0.1) is 0 Å². The minimum atomic E-state index is 0.0169. The first-order valence-electron chi connectivity index (χ1n) is 7.47. The summed E-state index contributed by atoms with van der Waals surface area (Å²) in [5.41, 5.74) is 6.50. The summed E-state index contributed by atoms with van der Waals surface area (Å²) in [6.45, 7) is 2.84. The smallest absolute Gasteiger partial charge is 0.254 e. The van der Waals surface area contributed by atoms with E-state index in [0.29, 0.717) is 5.56 Å². The van der Waals surface area contributed by atoms with Crippen LogP contribution in [0.25, 0.3) is 0 Å². The fraction of sp³-hybridized carbons (Fsp3) is 0.562. The Morgan fingerprint density at radius 3 is 2.65 bits per heavy atom. The maximum atomic E-state index is 12.7. The van der Waals surface area contributed by atoms with Gasteiger partial charge in [0, 0.05) is 24.2 Å². The Balaban J connectivity index is 2.13. The molecule has 20 heavy (non-hydrogen) atoms. The van der Waals surface area contributed by atoms with Gasteiger partial charge in [-0.05, 0) is 50.3 Å². The van der Waals surface area contributed by atoms with Gasteiger partial charge in [-0.25, -0.2) is 0 Å². The Labute approximate surface area is 120 Å². The molecule has 1 aliphatic rings. The lowest BCUT2D eigenvalue weighted by atomic mass is 9.90. The van der Waals surface area contributed by atoms with E-state index in [0.717, 1.165) is 38.6 Å². The number of phenolic OH excluding ortho intramolecular Hbond substituents is 1. The van der Waals surface area contributed by atoms with Crippen molar-refractivity contribution in [3.8, 4) is 5.75 Å². The molecule has 0 spiro atoms. The van der Waals surface area contributed by atoms with E-state index in [4.69, 9.17) is 5.73 Å². The van der Waals surface area contributed by atoms with E-state index in [1.165, 1.54) is 0 Å². The number of hydrogen-bond donors (Lipinski definition) is 2. The summed E-state index contributed by atoms with van der Waals surface area (Å²) in [6.07, 6.45) is 4.86. The summed E-state index contributed by atoms with van der Waals surface area (Å²) < 4.78 is 0. The van der Waals surface area contributed by atoms with Crippen molar-refractivity contribution in [2.24, 2.45) is 5.73 Å². The zero-order valence-electron chi connectivity index (χ0n) is 12.1. The molecule has 4 nitrogen and oxygen atoms in total. The maximum Gasteiger partial charge on any atom is 0.254 e. The number of nitrogens with zero attached hydrogens (tertiary/aromatic N) is 1. The predicted molar refractivity (Wildman–Crippen MR) is 79.7 cm³/mol. The van der Waals surface area contributed by atoms with Crippen molar-refractivity contribution in [3.05, 3.63) is 29.8 Å². The lowest BCUT2D eigenvalue weighted by molar-refractivity contribution is 0.0626. The molecule has 1 saturated carbocycles. The molecule has 0 bridgehead atoms. The molecule has 110 valence electrons. The van der Waals surface area contributed by atoms with Gasteiger partial charge >= 0.3 is 0 Å². The average Bonchev–Trinajstić information content (AvgIpc) is 2.45. The van der Waals surface area contributed by atoms with Gasteiger partial charge in [-0.3, -0.25) is 4.79 Å². The molecule has 0 heterocycles. The predicted octanol–water partition coefficient (Wildman–Crippen LogP) is 2.51. The number of phenols is 1. The second kappa shape index (κ2) is 6.75. The van der Waals surface area contributed by atoms with Gasteiger partial charge in [0.25, 0.3) is 5.91 Å². The number of aromatic hydroxyl groups is 1. The Morgan fingerprint density at radius 2 is 2.05 bits per heavy atom. The second-order valence-corrected chi connectivity index (χ2v) is 5.62. The fourth-order valence-corrected chi connectivity index (χ4v) is 2.91. The monoisotopic (exact) mass is 276 g/mol. The molecule has 4 heteroatoms. The molecule has 0 saturated heterocycles. The van der Waals surface area contributed by atoms with E-state index in [1.54, 1.807) is 24.3 Å². The van der Waals surface area contributed by atoms with Crippen LogP contribution in [0.4, 0.5) is 0 Å². The number of rotatable bonds is 4. The van der Waals surface area contributed by atoms with Gasteiger partial charge in [-0.1, -0.05) is 13.0 Å². The molecule has 1 aromatic carbocycles. The molecule has 0 aliphatic heterocycles. The van der Waals surface area contributed by atoms with Crippen LogP contribution < -0.4 is 5.73 Å². The Kier molecular flexibility index (Phi) is 5.01. The molecule has 0 unspecified atom stereocenters. The van der Waals surface area contributed by atoms with E-state index >= 15 is 0 Å². The van der Waals surface area contributed by atoms with Gasteiger partial charge < -0.3 is 15.7 Å². The quantitative estimate of drug-likeness (QED) is 0.888. The molecule has 1 aliphatic carbocycles. The lowest BCUT2D eigenvalue weighted by Crippen LogP contribution is -2.44. The van der Waals surface area contributed by atoms with Gasteiger partial charge in [0.05, 0.1) is 0 Å². The first-order chi connectivity index (χ1) is 9.61. The fourth-order valence-electron chi connectivity index (χ4n) is 2.91. The number of carbonyl (C=O) groups is 1. The van der Waals surface area contributed by atoms with Gasteiger partial charge in [-0.2, -0.15) is 0 Å². The number of benzene rings is 1.